The predicted octanol–water partition coefficient (Wildman–Crippen LogP) is 4.53. The standard InChI is InChI=1S/C28H28BrN7O2/c1-36-13-9-28(10-14-36,27-32-25(34-35-27)18-7-11-30-12-8-18)33-21-4-2-3-19(15-21)26(37)31-23-17-38-24-6-5-20(29)16-22(23)24/h2-8,11-12,15-16,23,33H,9-10,13-14,17H2,1H3,(H,31,37)(H,32,34,35)/t23-/m1/s1. The molecule has 4 heterocycles. The van der Waals surface area contributed by atoms with Crippen molar-refractivity contribution in [2.75, 3.05) is 32.1 Å². The van der Waals surface area contributed by atoms with Gasteiger partial charge >= 0.3 is 0 Å². The number of pyridine rings is 1. The van der Waals surface area contributed by atoms with Gasteiger partial charge in [0, 0.05) is 52.3 Å². The van der Waals surface area contributed by atoms with E-state index in [2.05, 4.69) is 53.7 Å². The fourth-order valence-corrected chi connectivity index (χ4v) is 5.47. The lowest BCUT2D eigenvalue weighted by molar-refractivity contribution is 0.0930. The lowest BCUT2D eigenvalue weighted by Gasteiger charge is -2.40. The third kappa shape index (κ3) is 4.89. The number of hydrogen-bond acceptors (Lipinski definition) is 7. The summed E-state index contributed by atoms with van der Waals surface area (Å²) in [6.45, 7) is 2.24. The van der Waals surface area contributed by atoms with Crippen molar-refractivity contribution in [1.82, 2.24) is 30.4 Å². The fraction of sp³-hybridized carbons (Fsp3) is 0.286. The van der Waals surface area contributed by atoms with E-state index in [1.165, 1.54) is 0 Å². The summed E-state index contributed by atoms with van der Waals surface area (Å²) in [7, 11) is 2.13. The van der Waals surface area contributed by atoms with E-state index in [1.807, 2.05) is 54.6 Å². The molecule has 0 aliphatic carbocycles. The fourth-order valence-electron chi connectivity index (χ4n) is 5.09. The maximum atomic E-state index is 13.2. The van der Waals surface area contributed by atoms with Crippen LogP contribution in [-0.2, 0) is 5.54 Å². The average molecular weight is 574 g/mol. The van der Waals surface area contributed by atoms with Crippen LogP contribution in [0, 0.1) is 0 Å². The first-order valence-corrected chi connectivity index (χ1v) is 13.4. The molecule has 0 bridgehead atoms. The molecule has 2 aromatic carbocycles. The second-order valence-electron chi connectivity index (χ2n) is 9.85. The van der Waals surface area contributed by atoms with Crippen LogP contribution in [0.15, 0.2) is 71.5 Å². The predicted molar refractivity (Wildman–Crippen MR) is 148 cm³/mol. The number of carbonyl (C=O) groups excluding carboxylic acids is 1. The Morgan fingerprint density at radius 2 is 1.95 bits per heavy atom. The van der Waals surface area contributed by atoms with Gasteiger partial charge in [0.25, 0.3) is 5.91 Å². The molecular weight excluding hydrogens is 546 g/mol. The van der Waals surface area contributed by atoms with Gasteiger partial charge in [-0.05, 0) is 68.4 Å². The molecule has 2 aromatic heterocycles. The molecule has 1 saturated heterocycles. The van der Waals surface area contributed by atoms with Crippen LogP contribution in [0.2, 0.25) is 0 Å². The quantitative estimate of drug-likeness (QED) is 0.311. The van der Waals surface area contributed by atoms with Gasteiger partial charge in [0.05, 0.1) is 11.6 Å². The molecule has 0 radical (unpaired) electrons. The number of anilines is 1. The van der Waals surface area contributed by atoms with Gasteiger partial charge in [-0.25, -0.2) is 4.98 Å². The van der Waals surface area contributed by atoms with E-state index in [9.17, 15) is 4.79 Å². The summed E-state index contributed by atoms with van der Waals surface area (Å²) in [6, 6.07) is 17.1. The lowest BCUT2D eigenvalue weighted by Crippen LogP contribution is -2.46. The molecule has 0 unspecified atom stereocenters. The van der Waals surface area contributed by atoms with Crippen molar-refractivity contribution < 1.29 is 9.53 Å². The number of carbonyl (C=O) groups is 1. The van der Waals surface area contributed by atoms with Crippen molar-refractivity contribution in [3.8, 4) is 17.1 Å². The number of amides is 1. The number of rotatable bonds is 6. The molecule has 3 N–H and O–H groups in total. The van der Waals surface area contributed by atoms with E-state index >= 15 is 0 Å². The monoisotopic (exact) mass is 573 g/mol. The highest BCUT2D eigenvalue weighted by Gasteiger charge is 2.39. The van der Waals surface area contributed by atoms with Crippen molar-refractivity contribution in [2.24, 2.45) is 0 Å². The molecule has 10 heteroatoms. The number of nitrogens with zero attached hydrogens (tertiary/aromatic N) is 4. The van der Waals surface area contributed by atoms with Crippen LogP contribution in [0.1, 0.15) is 40.6 Å². The van der Waals surface area contributed by atoms with Crippen molar-refractivity contribution in [3.05, 3.63) is 88.4 Å². The third-order valence-corrected chi connectivity index (χ3v) is 7.78. The zero-order chi connectivity index (χ0) is 26.1. The number of likely N-dealkylation sites (tertiary alicyclic amines) is 1. The van der Waals surface area contributed by atoms with E-state index in [-0.39, 0.29) is 11.9 Å². The first-order chi connectivity index (χ1) is 18.5. The lowest BCUT2D eigenvalue weighted by atomic mass is 9.86. The van der Waals surface area contributed by atoms with Gasteiger partial charge in [0.2, 0.25) is 0 Å². The molecule has 194 valence electrons. The molecular formula is C28H28BrN7O2. The molecule has 1 fully saturated rings. The van der Waals surface area contributed by atoms with Gasteiger partial charge in [-0.1, -0.05) is 22.0 Å². The number of aromatic amines is 1. The van der Waals surface area contributed by atoms with Gasteiger partial charge in [-0.3, -0.25) is 14.9 Å². The molecule has 2 aliphatic heterocycles. The second-order valence-corrected chi connectivity index (χ2v) is 10.8. The van der Waals surface area contributed by atoms with Crippen LogP contribution in [-0.4, -0.2) is 57.7 Å². The second kappa shape index (κ2) is 10.2. The first-order valence-electron chi connectivity index (χ1n) is 12.6. The van der Waals surface area contributed by atoms with Crippen molar-refractivity contribution in [1.29, 1.82) is 0 Å². The van der Waals surface area contributed by atoms with Crippen LogP contribution >= 0.6 is 15.9 Å². The number of nitrogens with one attached hydrogen (secondary N) is 3. The van der Waals surface area contributed by atoms with Crippen LogP contribution in [0.4, 0.5) is 5.69 Å². The van der Waals surface area contributed by atoms with E-state index in [0.29, 0.717) is 18.0 Å². The molecule has 9 nitrogen and oxygen atoms in total. The highest BCUT2D eigenvalue weighted by Crippen LogP contribution is 2.36. The number of aromatic nitrogens is 4. The maximum absolute atomic E-state index is 13.2. The first kappa shape index (κ1) is 24.6. The number of piperidine rings is 1. The van der Waals surface area contributed by atoms with Crippen LogP contribution in [0.25, 0.3) is 11.4 Å². The molecule has 0 saturated carbocycles. The van der Waals surface area contributed by atoms with Gasteiger partial charge in [-0.15, -0.1) is 0 Å². The number of H-pyrrole nitrogens is 1. The van der Waals surface area contributed by atoms with Crippen molar-refractivity contribution >= 4 is 27.5 Å². The largest absolute Gasteiger partial charge is 0.491 e. The summed E-state index contributed by atoms with van der Waals surface area (Å²) in [6.07, 6.45) is 5.16. The number of hydrogen-bond donors (Lipinski definition) is 3. The van der Waals surface area contributed by atoms with E-state index in [0.717, 1.165) is 58.8 Å². The van der Waals surface area contributed by atoms with Gasteiger partial charge in [0.1, 0.15) is 12.4 Å². The minimum Gasteiger partial charge on any atom is -0.491 e. The van der Waals surface area contributed by atoms with E-state index < -0.39 is 5.54 Å². The Morgan fingerprint density at radius 3 is 2.76 bits per heavy atom. The number of fused-ring (bicyclic) bond motifs is 1. The Morgan fingerprint density at radius 1 is 1.13 bits per heavy atom. The summed E-state index contributed by atoms with van der Waals surface area (Å²) in [5.41, 5.74) is 2.88. The van der Waals surface area contributed by atoms with Gasteiger partial charge < -0.3 is 20.3 Å². The Bertz CT molecular complexity index is 1450. The highest BCUT2D eigenvalue weighted by atomic mass is 79.9. The molecule has 1 atom stereocenters. The van der Waals surface area contributed by atoms with Crippen molar-refractivity contribution in [2.45, 2.75) is 24.4 Å². The summed E-state index contributed by atoms with van der Waals surface area (Å²) in [4.78, 5) is 24.5. The molecule has 6 rings (SSSR count). The Kier molecular flexibility index (Phi) is 6.59. The molecule has 4 aromatic rings. The van der Waals surface area contributed by atoms with E-state index in [1.54, 1.807) is 12.4 Å². The normalized spacial score (nSPS) is 18.4. The summed E-state index contributed by atoms with van der Waals surface area (Å²) < 4.78 is 6.71. The van der Waals surface area contributed by atoms with Crippen LogP contribution in [0.5, 0.6) is 5.75 Å². The molecule has 38 heavy (non-hydrogen) atoms. The van der Waals surface area contributed by atoms with Gasteiger partial charge in [0.15, 0.2) is 11.6 Å². The van der Waals surface area contributed by atoms with Crippen LogP contribution < -0.4 is 15.4 Å². The zero-order valence-electron chi connectivity index (χ0n) is 20.9. The Labute approximate surface area is 229 Å². The average Bonchev–Trinajstić information content (AvgIpc) is 3.59. The number of ether oxygens (including phenoxy) is 1. The van der Waals surface area contributed by atoms with Crippen LogP contribution in [0.3, 0.4) is 0 Å². The third-order valence-electron chi connectivity index (χ3n) is 7.28. The molecule has 0 spiro atoms. The minimum atomic E-state index is -0.440. The molecule has 2 aliphatic rings. The Balaban J connectivity index is 1.24. The highest BCUT2D eigenvalue weighted by molar-refractivity contribution is 9.10. The topological polar surface area (TPSA) is 108 Å². The maximum Gasteiger partial charge on any atom is 0.251 e. The van der Waals surface area contributed by atoms with Gasteiger partial charge in [-0.2, -0.15) is 5.10 Å². The summed E-state index contributed by atoms with van der Waals surface area (Å²) >= 11 is 3.51. The van der Waals surface area contributed by atoms with Crippen molar-refractivity contribution in [3.63, 3.8) is 0 Å². The number of benzene rings is 2. The summed E-state index contributed by atoms with van der Waals surface area (Å²) in [5.74, 6) is 2.09. The molecule has 1 amide bonds. The SMILES string of the molecule is CN1CCC(Nc2cccc(C(=O)N[C@@H]3COc4ccc(Br)cc43)c2)(c2nc(-c3ccncc3)n[nH]2)CC1. The Hall–Kier alpha value is -3.76. The smallest absolute Gasteiger partial charge is 0.251 e. The summed E-state index contributed by atoms with van der Waals surface area (Å²) in [5, 5.41) is 14.5. The zero-order valence-corrected chi connectivity index (χ0v) is 22.5. The minimum absolute atomic E-state index is 0.146. The van der Waals surface area contributed by atoms with E-state index in [4.69, 9.17) is 9.72 Å². The number of halogens is 1.